The van der Waals surface area contributed by atoms with Crippen molar-refractivity contribution in [3.8, 4) is 5.75 Å². The molecular formula is C20H25N3O4. The molecular weight excluding hydrogens is 346 g/mol. The molecule has 2 heterocycles. The summed E-state index contributed by atoms with van der Waals surface area (Å²) in [4.78, 5) is 13.9. The van der Waals surface area contributed by atoms with Gasteiger partial charge >= 0.3 is 5.97 Å². The average Bonchev–Trinajstić information content (AvgIpc) is 3.31. The summed E-state index contributed by atoms with van der Waals surface area (Å²) in [7, 11) is 1.36. The number of nitrogens with one attached hydrogen (secondary N) is 1. The number of H-pyrrole nitrogens is 1. The lowest BCUT2D eigenvalue weighted by atomic mass is 9.78. The lowest BCUT2D eigenvalue weighted by molar-refractivity contribution is -0.0231. The molecule has 4 rings (SSSR count). The standard InChI is InChI=1S/C20H25N3O4/c1-26-20(25)13-2-4-17(5-3-13)27-19-9-15-11-23(10-14(15)8-18(19)24)12-16-6-7-21-22-16/h2-7,14-15,18-19,24H,8-12H2,1H3,(H,21,22)/t14-,15+,18+,19+/m0/s1. The number of ether oxygens (including phenoxy) is 2. The number of nitrogens with zero attached hydrogens (tertiary/aromatic N) is 2. The van der Waals surface area contributed by atoms with Gasteiger partial charge in [0, 0.05) is 31.5 Å². The van der Waals surface area contributed by atoms with Crippen molar-refractivity contribution in [3.63, 3.8) is 0 Å². The van der Waals surface area contributed by atoms with E-state index in [2.05, 4.69) is 15.1 Å². The highest BCUT2D eigenvalue weighted by molar-refractivity contribution is 5.89. The zero-order chi connectivity index (χ0) is 18.8. The maximum absolute atomic E-state index is 11.5. The Bertz CT molecular complexity index is 762. The van der Waals surface area contributed by atoms with Gasteiger partial charge in [-0.05, 0) is 55.0 Å². The Morgan fingerprint density at radius 3 is 2.63 bits per heavy atom. The minimum Gasteiger partial charge on any atom is -0.488 e. The number of rotatable bonds is 5. The number of hydrogen-bond donors (Lipinski definition) is 2. The molecule has 1 aromatic heterocycles. The van der Waals surface area contributed by atoms with Gasteiger partial charge in [-0.3, -0.25) is 10.00 Å². The van der Waals surface area contributed by atoms with Crippen molar-refractivity contribution in [2.45, 2.75) is 31.6 Å². The van der Waals surface area contributed by atoms with Crippen LogP contribution in [0, 0.1) is 11.8 Å². The number of aromatic nitrogens is 2. The van der Waals surface area contributed by atoms with Crippen LogP contribution in [0.5, 0.6) is 5.75 Å². The van der Waals surface area contributed by atoms with Crippen LogP contribution < -0.4 is 4.74 Å². The van der Waals surface area contributed by atoms with Gasteiger partial charge in [-0.1, -0.05) is 0 Å². The number of carbonyl (C=O) groups excluding carboxylic acids is 1. The highest BCUT2D eigenvalue weighted by atomic mass is 16.5. The van der Waals surface area contributed by atoms with Gasteiger partial charge < -0.3 is 14.6 Å². The first-order valence-electron chi connectivity index (χ1n) is 9.36. The van der Waals surface area contributed by atoms with Crippen LogP contribution in [0.2, 0.25) is 0 Å². The van der Waals surface area contributed by atoms with Gasteiger partial charge in [0.1, 0.15) is 11.9 Å². The molecule has 2 aromatic rings. The maximum atomic E-state index is 11.5. The van der Waals surface area contributed by atoms with Crippen molar-refractivity contribution in [3.05, 3.63) is 47.8 Å². The summed E-state index contributed by atoms with van der Waals surface area (Å²) in [5.41, 5.74) is 1.60. The Morgan fingerprint density at radius 1 is 1.22 bits per heavy atom. The van der Waals surface area contributed by atoms with Crippen LogP contribution in [0.15, 0.2) is 36.5 Å². The van der Waals surface area contributed by atoms with Crippen LogP contribution in [-0.4, -0.2) is 58.6 Å². The number of fused-ring (bicyclic) bond motifs is 1. The van der Waals surface area contributed by atoms with Crippen molar-refractivity contribution in [2.75, 3.05) is 20.2 Å². The fraction of sp³-hybridized carbons (Fsp3) is 0.500. The maximum Gasteiger partial charge on any atom is 0.337 e. The third-order valence-electron chi connectivity index (χ3n) is 5.68. The smallest absolute Gasteiger partial charge is 0.337 e. The fourth-order valence-corrected chi connectivity index (χ4v) is 4.32. The Hall–Kier alpha value is -2.38. The molecule has 2 fully saturated rings. The molecule has 4 atom stereocenters. The minimum atomic E-state index is -0.473. The van der Waals surface area contributed by atoms with Crippen LogP contribution in [-0.2, 0) is 11.3 Å². The van der Waals surface area contributed by atoms with Crippen LogP contribution in [0.4, 0.5) is 0 Å². The molecule has 1 saturated heterocycles. The van der Waals surface area contributed by atoms with Crippen molar-refractivity contribution >= 4 is 5.97 Å². The predicted octanol–water partition coefficient (Wildman–Crippen LogP) is 1.85. The quantitative estimate of drug-likeness (QED) is 0.780. The SMILES string of the molecule is COC(=O)c1ccc(O[C@@H]2C[C@@H]3CN(Cc4ccn[nH]4)C[C@@H]3C[C@H]2O)cc1. The number of aliphatic hydroxyl groups excluding tert-OH is 1. The molecule has 1 aliphatic heterocycles. The number of hydrogen-bond acceptors (Lipinski definition) is 6. The van der Waals surface area contributed by atoms with Crippen molar-refractivity contribution in [2.24, 2.45) is 11.8 Å². The molecule has 1 saturated carbocycles. The second-order valence-corrected chi connectivity index (χ2v) is 7.51. The van der Waals surface area contributed by atoms with Gasteiger partial charge in [-0.15, -0.1) is 0 Å². The molecule has 1 aromatic carbocycles. The predicted molar refractivity (Wildman–Crippen MR) is 98.3 cm³/mol. The summed E-state index contributed by atoms with van der Waals surface area (Å²) < 4.78 is 10.8. The van der Waals surface area contributed by atoms with Crippen LogP contribution in [0.25, 0.3) is 0 Å². The summed E-state index contributed by atoms with van der Waals surface area (Å²) in [6.07, 6.45) is 2.68. The zero-order valence-corrected chi connectivity index (χ0v) is 15.4. The first-order valence-corrected chi connectivity index (χ1v) is 9.36. The van der Waals surface area contributed by atoms with Crippen LogP contribution in [0.1, 0.15) is 28.9 Å². The fourth-order valence-electron chi connectivity index (χ4n) is 4.32. The van der Waals surface area contributed by atoms with E-state index >= 15 is 0 Å². The molecule has 0 bridgehead atoms. The molecule has 0 unspecified atom stereocenters. The molecule has 0 amide bonds. The lowest BCUT2D eigenvalue weighted by Gasteiger charge is -2.35. The van der Waals surface area contributed by atoms with E-state index in [1.165, 1.54) is 7.11 Å². The first-order chi connectivity index (χ1) is 13.1. The summed E-state index contributed by atoms with van der Waals surface area (Å²) in [5.74, 6) is 1.32. The highest BCUT2D eigenvalue weighted by Crippen LogP contribution is 2.38. The van der Waals surface area contributed by atoms with E-state index in [-0.39, 0.29) is 12.1 Å². The minimum absolute atomic E-state index is 0.220. The number of aliphatic hydroxyl groups is 1. The van der Waals surface area contributed by atoms with E-state index in [1.807, 2.05) is 6.07 Å². The van der Waals surface area contributed by atoms with E-state index in [9.17, 15) is 9.90 Å². The third-order valence-corrected chi connectivity index (χ3v) is 5.68. The van der Waals surface area contributed by atoms with Gasteiger partial charge in [0.05, 0.1) is 18.8 Å². The first kappa shape index (κ1) is 18.0. The normalized spacial score (nSPS) is 27.9. The number of methoxy groups -OCH3 is 1. The van der Waals surface area contributed by atoms with Gasteiger partial charge in [-0.2, -0.15) is 5.10 Å². The van der Waals surface area contributed by atoms with E-state index in [0.29, 0.717) is 23.1 Å². The molecule has 7 heteroatoms. The van der Waals surface area contributed by atoms with E-state index in [1.54, 1.807) is 30.5 Å². The zero-order valence-electron chi connectivity index (χ0n) is 15.4. The number of esters is 1. The van der Waals surface area contributed by atoms with Crippen LogP contribution in [0.3, 0.4) is 0 Å². The van der Waals surface area contributed by atoms with E-state index < -0.39 is 6.10 Å². The van der Waals surface area contributed by atoms with Gasteiger partial charge in [-0.25, -0.2) is 4.79 Å². The number of aromatic amines is 1. The molecule has 7 nitrogen and oxygen atoms in total. The third kappa shape index (κ3) is 3.99. The number of benzene rings is 1. The van der Waals surface area contributed by atoms with Gasteiger partial charge in [0.15, 0.2) is 0 Å². The highest BCUT2D eigenvalue weighted by Gasteiger charge is 2.42. The Morgan fingerprint density at radius 2 is 1.96 bits per heavy atom. The molecule has 0 radical (unpaired) electrons. The van der Waals surface area contributed by atoms with E-state index in [0.717, 1.165) is 38.2 Å². The molecule has 27 heavy (non-hydrogen) atoms. The molecule has 2 aliphatic rings. The molecule has 1 aliphatic carbocycles. The Labute approximate surface area is 158 Å². The van der Waals surface area contributed by atoms with Crippen molar-refractivity contribution < 1.29 is 19.4 Å². The Kier molecular flexibility index (Phi) is 5.13. The lowest BCUT2D eigenvalue weighted by Crippen LogP contribution is -2.42. The topological polar surface area (TPSA) is 87.7 Å². The average molecular weight is 371 g/mol. The number of likely N-dealkylation sites (tertiary alicyclic amines) is 1. The summed E-state index contributed by atoms with van der Waals surface area (Å²) in [6.45, 7) is 2.88. The number of carbonyl (C=O) groups is 1. The molecule has 144 valence electrons. The largest absolute Gasteiger partial charge is 0.488 e. The second kappa shape index (κ2) is 7.70. The van der Waals surface area contributed by atoms with E-state index in [4.69, 9.17) is 9.47 Å². The second-order valence-electron chi connectivity index (χ2n) is 7.51. The van der Waals surface area contributed by atoms with Crippen molar-refractivity contribution in [1.82, 2.24) is 15.1 Å². The summed E-state index contributed by atoms with van der Waals surface area (Å²) in [5, 5.41) is 17.6. The van der Waals surface area contributed by atoms with Crippen LogP contribution >= 0.6 is 0 Å². The van der Waals surface area contributed by atoms with Gasteiger partial charge in [0.25, 0.3) is 0 Å². The summed E-state index contributed by atoms with van der Waals surface area (Å²) >= 11 is 0. The monoisotopic (exact) mass is 371 g/mol. The molecule has 0 spiro atoms. The van der Waals surface area contributed by atoms with Gasteiger partial charge in [0.2, 0.25) is 0 Å². The Balaban J connectivity index is 1.36. The molecule has 2 N–H and O–H groups in total. The summed E-state index contributed by atoms with van der Waals surface area (Å²) in [6, 6.07) is 8.87. The van der Waals surface area contributed by atoms with Crippen molar-refractivity contribution in [1.29, 1.82) is 0 Å².